The number of aryl methyl sites for hydroxylation is 1. The third-order valence-corrected chi connectivity index (χ3v) is 3.93. The first-order chi connectivity index (χ1) is 13.6. The van der Waals surface area contributed by atoms with E-state index in [1.807, 2.05) is 6.92 Å². The summed E-state index contributed by atoms with van der Waals surface area (Å²) in [6, 6.07) is 8.32. The van der Waals surface area contributed by atoms with Crippen LogP contribution in [0.1, 0.15) is 36.5 Å². The maximum atomic E-state index is 12.7. The number of guanidine groups is 1. The molecule has 0 amide bonds. The third kappa shape index (κ3) is 6.88. The van der Waals surface area contributed by atoms with Crippen LogP contribution in [-0.2, 0) is 11.8 Å². The number of nitrogens with zero attached hydrogens (tertiary/aromatic N) is 1. The van der Waals surface area contributed by atoms with Crippen LogP contribution in [-0.4, -0.2) is 30.7 Å². The molecule has 1 atom stereocenters. The van der Waals surface area contributed by atoms with Gasteiger partial charge in [-0.15, -0.1) is 0 Å². The normalized spacial score (nSPS) is 14.0. The fraction of sp³-hybridized carbons (Fsp3) is 0.381. The zero-order valence-corrected chi connectivity index (χ0v) is 16.5. The lowest BCUT2D eigenvalue weighted by Gasteiger charge is -2.19. The predicted molar refractivity (Wildman–Crippen MR) is 105 cm³/mol. The van der Waals surface area contributed by atoms with Gasteiger partial charge in [-0.05, 0) is 51.1 Å². The molecular formula is C21H24F3N3O2. The summed E-state index contributed by atoms with van der Waals surface area (Å²) >= 11 is 0. The number of aliphatic imine (C=N–C) groups is 1. The van der Waals surface area contributed by atoms with Gasteiger partial charge >= 0.3 is 6.18 Å². The molecule has 1 unspecified atom stereocenters. The largest absolute Gasteiger partial charge is 0.463 e. The Labute approximate surface area is 168 Å². The minimum Gasteiger partial charge on any atom is -0.463 e. The van der Waals surface area contributed by atoms with E-state index in [-0.39, 0.29) is 18.7 Å². The molecule has 156 valence electrons. The summed E-state index contributed by atoms with van der Waals surface area (Å²) in [5.41, 5.74) is -1.73. The molecule has 5 nitrogen and oxygen atoms in total. The molecule has 1 aromatic carbocycles. The lowest BCUT2D eigenvalue weighted by atomic mass is 10.0. The molecule has 0 saturated carbocycles. The first-order valence-corrected chi connectivity index (χ1v) is 9.09. The minimum atomic E-state index is -4.40. The number of hydrogen-bond acceptors (Lipinski definition) is 3. The number of alkyl halides is 3. The Morgan fingerprint density at radius 2 is 1.97 bits per heavy atom. The van der Waals surface area contributed by atoms with Gasteiger partial charge in [0.1, 0.15) is 17.1 Å². The van der Waals surface area contributed by atoms with Gasteiger partial charge in [0.05, 0.1) is 18.7 Å². The van der Waals surface area contributed by atoms with Gasteiger partial charge in [-0.1, -0.05) is 17.9 Å². The van der Waals surface area contributed by atoms with Crippen LogP contribution in [0.5, 0.6) is 0 Å². The van der Waals surface area contributed by atoms with E-state index in [2.05, 4.69) is 27.5 Å². The molecular weight excluding hydrogens is 383 g/mol. The van der Waals surface area contributed by atoms with Gasteiger partial charge < -0.3 is 20.2 Å². The van der Waals surface area contributed by atoms with E-state index in [4.69, 9.17) is 4.42 Å². The van der Waals surface area contributed by atoms with Crippen LogP contribution >= 0.6 is 0 Å². The van der Waals surface area contributed by atoms with E-state index >= 15 is 0 Å². The lowest BCUT2D eigenvalue weighted by molar-refractivity contribution is -0.137. The molecule has 1 heterocycles. The van der Waals surface area contributed by atoms with E-state index in [0.29, 0.717) is 24.0 Å². The van der Waals surface area contributed by atoms with E-state index in [0.717, 1.165) is 12.1 Å². The maximum absolute atomic E-state index is 12.7. The Morgan fingerprint density at radius 3 is 2.59 bits per heavy atom. The van der Waals surface area contributed by atoms with Crippen LogP contribution in [0.2, 0.25) is 0 Å². The van der Waals surface area contributed by atoms with E-state index < -0.39 is 17.3 Å². The SMILES string of the molecule is CCNC(=NCC(C)(O)c1ccc(C)o1)NCC#Cc1cccc(C(F)(F)F)c1. The summed E-state index contributed by atoms with van der Waals surface area (Å²) < 4.78 is 43.7. The predicted octanol–water partition coefficient (Wildman–Crippen LogP) is 3.42. The van der Waals surface area contributed by atoms with Crippen molar-refractivity contribution in [3.8, 4) is 11.8 Å². The second-order valence-corrected chi connectivity index (χ2v) is 6.61. The van der Waals surface area contributed by atoms with Crippen LogP contribution in [0.3, 0.4) is 0 Å². The van der Waals surface area contributed by atoms with Gasteiger partial charge in [-0.25, -0.2) is 4.99 Å². The fourth-order valence-electron chi connectivity index (χ4n) is 2.42. The maximum Gasteiger partial charge on any atom is 0.416 e. The minimum absolute atomic E-state index is 0.0519. The molecule has 3 N–H and O–H groups in total. The van der Waals surface area contributed by atoms with Crippen molar-refractivity contribution in [1.82, 2.24) is 10.6 Å². The molecule has 1 aromatic heterocycles. The van der Waals surface area contributed by atoms with Crippen LogP contribution in [0.4, 0.5) is 13.2 Å². The van der Waals surface area contributed by atoms with Crippen LogP contribution in [0, 0.1) is 18.8 Å². The monoisotopic (exact) mass is 407 g/mol. The van der Waals surface area contributed by atoms with Crippen molar-refractivity contribution >= 4 is 5.96 Å². The quantitative estimate of drug-likeness (QED) is 0.404. The lowest BCUT2D eigenvalue weighted by Crippen LogP contribution is -2.39. The van der Waals surface area contributed by atoms with Crippen molar-refractivity contribution in [1.29, 1.82) is 0 Å². The Bertz CT molecular complexity index is 906. The first-order valence-electron chi connectivity index (χ1n) is 9.09. The van der Waals surface area contributed by atoms with E-state index in [9.17, 15) is 18.3 Å². The number of furan rings is 1. The molecule has 2 rings (SSSR count). The standard InChI is InChI=1S/C21H24F3N3O2/c1-4-25-19(27-14-20(3,28)18-11-10-15(2)29-18)26-12-6-8-16-7-5-9-17(13-16)21(22,23)24/h5,7,9-11,13,28H,4,12,14H2,1-3H3,(H2,25,26,27). The average Bonchev–Trinajstić information content (AvgIpc) is 3.10. The van der Waals surface area contributed by atoms with Gasteiger partial charge in [0.25, 0.3) is 0 Å². The zero-order chi connectivity index (χ0) is 21.5. The highest BCUT2D eigenvalue weighted by molar-refractivity contribution is 5.80. The molecule has 0 spiro atoms. The molecule has 0 bridgehead atoms. The summed E-state index contributed by atoms with van der Waals surface area (Å²) in [5, 5.41) is 16.5. The molecule has 8 heteroatoms. The number of nitrogens with one attached hydrogen (secondary N) is 2. The number of aliphatic hydroxyl groups is 1. The molecule has 0 fully saturated rings. The van der Waals surface area contributed by atoms with Gasteiger partial charge in [0, 0.05) is 12.1 Å². The van der Waals surface area contributed by atoms with Crippen molar-refractivity contribution in [2.75, 3.05) is 19.6 Å². The van der Waals surface area contributed by atoms with Gasteiger partial charge in [0.15, 0.2) is 5.96 Å². The molecule has 0 radical (unpaired) electrons. The van der Waals surface area contributed by atoms with Crippen molar-refractivity contribution in [2.24, 2.45) is 4.99 Å². The highest BCUT2D eigenvalue weighted by atomic mass is 19.4. The Morgan fingerprint density at radius 1 is 1.21 bits per heavy atom. The second kappa shape index (κ2) is 9.52. The van der Waals surface area contributed by atoms with Crippen molar-refractivity contribution in [2.45, 2.75) is 32.5 Å². The summed E-state index contributed by atoms with van der Waals surface area (Å²) in [6.45, 7) is 6.10. The highest BCUT2D eigenvalue weighted by Gasteiger charge is 2.30. The first kappa shape index (κ1) is 22.4. The molecule has 0 saturated heterocycles. The Hall–Kier alpha value is -2.92. The Kier molecular flexibility index (Phi) is 7.35. The van der Waals surface area contributed by atoms with Gasteiger partial charge in [-0.2, -0.15) is 13.2 Å². The smallest absolute Gasteiger partial charge is 0.416 e. The topological polar surface area (TPSA) is 69.8 Å². The number of hydrogen-bond donors (Lipinski definition) is 3. The van der Waals surface area contributed by atoms with Crippen molar-refractivity contribution < 1.29 is 22.7 Å². The summed E-state index contributed by atoms with van der Waals surface area (Å²) in [7, 11) is 0. The summed E-state index contributed by atoms with van der Waals surface area (Å²) in [6.07, 6.45) is -4.40. The molecule has 0 aliphatic heterocycles. The van der Waals surface area contributed by atoms with Crippen molar-refractivity contribution in [3.63, 3.8) is 0 Å². The molecule has 0 aliphatic carbocycles. The van der Waals surface area contributed by atoms with E-state index in [1.165, 1.54) is 12.1 Å². The second-order valence-electron chi connectivity index (χ2n) is 6.61. The number of rotatable bonds is 5. The highest BCUT2D eigenvalue weighted by Crippen LogP contribution is 2.29. The van der Waals surface area contributed by atoms with Gasteiger partial charge in [0.2, 0.25) is 0 Å². The fourth-order valence-corrected chi connectivity index (χ4v) is 2.42. The Balaban J connectivity index is 2.00. The molecule has 0 aliphatic rings. The number of halogens is 3. The van der Waals surface area contributed by atoms with Crippen LogP contribution in [0.15, 0.2) is 45.8 Å². The average molecular weight is 407 g/mol. The van der Waals surface area contributed by atoms with Crippen molar-refractivity contribution in [3.05, 3.63) is 59.0 Å². The third-order valence-electron chi connectivity index (χ3n) is 3.93. The molecule has 29 heavy (non-hydrogen) atoms. The zero-order valence-electron chi connectivity index (χ0n) is 16.5. The summed E-state index contributed by atoms with van der Waals surface area (Å²) in [4.78, 5) is 4.33. The van der Waals surface area contributed by atoms with E-state index in [1.54, 1.807) is 26.0 Å². The number of benzene rings is 1. The van der Waals surface area contributed by atoms with Crippen LogP contribution in [0.25, 0.3) is 0 Å². The van der Waals surface area contributed by atoms with Crippen LogP contribution < -0.4 is 10.6 Å². The van der Waals surface area contributed by atoms with Gasteiger partial charge in [-0.3, -0.25) is 0 Å². The molecule has 2 aromatic rings. The summed E-state index contributed by atoms with van der Waals surface area (Å²) in [5.74, 6) is 7.00.